The van der Waals surface area contributed by atoms with Crippen molar-refractivity contribution in [3.63, 3.8) is 0 Å². The van der Waals surface area contributed by atoms with E-state index in [1.165, 1.54) is 0 Å². The van der Waals surface area contributed by atoms with Crippen LogP contribution in [0.3, 0.4) is 0 Å². The fourth-order valence-corrected chi connectivity index (χ4v) is 0.204. The summed E-state index contributed by atoms with van der Waals surface area (Å²) in [6.45, 7) is 6.75. The second-order valence-corrected chi connectivity index (χ2v) is 1.30. The van der Waals surface area contributed by atoms with Gasteiger partial charge in [0.25, 0.3) is 5.97 Å². The van der Waals surface area contributed by atoms with E-state index in [4.69, 9.17) is 14.6 Å². The van der Waals surface area contributed by atoms with Gasteiger partial charge in [-0.15, -0.1) is 0 Å². The molecule has 0 aliphatic carbocycles. The van der Waals surface area contributed by atoms with Gasteiger partial charge >= 0.3 is 0 Å². The Morgan fingerprint density at radius 1 is 1.27 bits per heavy atom. The number of carboxylic acid groups (broad SMARTS) is 1. The summed E-state index contributed by atoms with van der Waals surface area (Å²) in [5, 5.41) is 7.42. The molecule has 0 radical (unpaired) electrons. The standard InChI is InChI=1S/C4H10O.C2H4O2.2H2O/c1-3-5-4-2;1-2(3)4;;/h3-4H2,1-2H3;1H3,(H,3,4);2*1H2. The van der Waals surface area contributed by atoms with Gasteiger partial charge in [0.1, 0.15) is 0 Å². The van der Waals surface area contributed by atoms with Crippen LogP contribution in [-0.2, 0) is 9.53 Å². The molecule has 0 aliphatic rings. The second kappa shape index (κ2) is 22.8. The van der Waals surface area contributed by atoms with Gasteiger partial charge in [-0.1, -0.05) is 0 Å². The summed E-state index contributed by atoms with van der Waals surface area (Å²) in [5.41, 5.74) is 0. The lowest BCUT2D eigenvalue weighted by Crippen LogP contribution is -1.84. The molecule has 0 aromatic heterocycles. The van der Waals surface area contributed by atoms with Gasteiger partial charge in [0.05, 0.1) is 0 Å². The Hall–Kier alpha value is -0.650. The Bertz CT molecular complexity index is 58.0. The normalized spacial score (nSPS) is 6.09. The fraction of sp³-hybridized carbons (Fsp3) is 0.833. The van der Waals surface area contributed by atoms with Crippen molar-refractivity contribution < 1.29 is 25.6 Å². The molecule has 0 amide bonds. The van der Waals surface area contributed by atoms with Crippen molar-refractivity contribution in [2.45, 2.75) is 20.8 Å². The van der Waals surface area contributed by atoms with E-state index < -0.39 is 5.97 Å². The summed E-state index contributed by atoms with van der Waals surface area (Å²) < 4.78 is 4.83. The van der Waals surface area contributed by atoms with Crippen molar-refractivity contribution in [3.8, 4) is 0 Å². The Balaban J connectivity index is -0.0000000383. The van der Waals surface area contributed by atoms with E-state index in [9.17, 15) is 0 Å². The van der Waals surface area contributed by atoms with Crippen LogP contribution in [0.1, 0.15) is 20.8 Å². The van der Waals surface area contributed by atoms with Crippen molar-refractivity contribution in [2.24, 2.45) is 0 Å². The molecule has 0 bridgehead atoms. The first-order valence-electron chi connectivity index (χ1n) is 2.92. The maximum absolute atomic E-state index is 9.00. The molecule has 0 atom stereocenters. The molecular formula is C6H18O5. The largest absolute Gasteiger partial charge is 0.481 e. The number of carbonyl (C=O) groups is 1. The Labute approximate surface area is 66.6 Å². The van der Waals surface area contributed by atoms with Crippen molar-refractivity contribution in [2.75, 3.05) is 13.2 Å². The SMILES string of the molecule is CC(=O)O.CCOCC.O.O. The van der Waals surface area contributed by atoms with Crippen LogP contribution in [0.5, 0.6) is 0 Å². The molecule has 0 aliphatic heterocycles. The van der Waals surface area contributed by atoms with Gasteiger partial charge in [0.2, 0.25) is 0 Å². The van der Waals surface area contributed by atoms with E-state index in [0.29, 0.717) is 0 Å². The third kappa shape index (κ3) is 277. The molecule has 0 heterocycles. The van der Waals surface area contributed by atoms with Crippen LogP contribution in [0.15, 0.2) is 0 Å². The van der Waals surface area contributed by atoms with Gasteiger partial charge in [-0.05, 0) is 13.8 Å². The van der Waals surface area contributed by atoms with Crippen molar-refractivity contribution in [1.82, 2.24) is 0 Å². The number of rotatable bonds is 2. The highest BCUT2D eigenvalue weighted by molar-refractivity contribution is 5.62. The summed E-state index contributed by atoms with van der Waals surface area (Å²) in [6, 6.07) is 0. The summed E-state index contributed by atoms with van der Waals surface area (Å²) in [4.78, 5) is 9.00. The van der Waals surface area contributed by atoms with E-state index in [1.807, 2.05) is 13.8 Å². The lowest BCUT2D eigenvalue weighted by Gasteiger charge is -1.86. The third-order valence-electron chi connectivity index (χ3n) is 0.408. The van der Waals surface area contributed by atoms with Gasteiger partial charge in [-0.25, -0.2) is 0 Å². The minimum absolute atomic E-state index is 0. The average molecular weight is 170 g/mol. The number of carboxylic acids is 1. The molecule has 0 saturated carbocycles. The van der Waals surface area contributed by atoms with Crippen LogP contribution in [0.4, 0.5) is 0 Å². The molecular weight excluding hydrogens is 152 g/mol. The molecule has 0 rings (SSSR count). The molecule has 5 heteroatoms. The third-order valence-corrected chi connectivity index (χ3v) is 0.408. The summed E-state index contributed by atoms with van der Waals surface area (Å²) in [5.74, 6) is -0.833. The Morgan fingerprint density at radius 2 is 1.45 bits per heavy atom. The molecule has 0 saturated heterocycles. The van der Waals surface area contributed by atoms with E-state index in [0.717, 1.165) is 20.1 Å². The predicted molar refractivity (Wildman–Crippen MR) is 42.7 cm³/mol. The average Bonchev–Trinajstić information content (AvgIpc) is 1.66. The lowest BCUT2D eigenvalue weighted by molar-refractivity contribution is -0.134. The molecule has 0 fully saturated rings. The zero-order valence-corrected chi connectivity index (χ0v) is 7.18. The number of hydrogen-bond acceptors (Lipinski definition) is 2. The van der Waals surface area contributed by atoms with E-state index in [-0.39, 0.29) is 11.0 Å². The summed E-state index contributed by atoms with van der Waals surface area (Å²) in [6.07, 6.45) is 0. The van der Waals surface area contributed by atoms with E-state index in [1.54, 1.807) is 0 Å². The summed E-state index contributed by atoms with van der Waals surface area (Å²) >= 11 is 0. The maximum Gasteiger partial charge on any atom is 0.300 e. The maximum atomic E-state index is 9.00. The first-order chi connectivity index (χ1) is 4.15. The second-order valence-electron chi connectivity index (χ2n) is 1.30. The molecule has 11 heavy (non-hydrogen) atoms. The number of hydrogen-bond donors (Lipinski definition) is 1. The first kappa shape index (κ1) is 22.4. The predicted octanol–water partition coefficient (Wildman–Crippen LogP) is -0.516. The monoisotopic (exact) mass is 170 g/mol. The molecule has 0 spiro atoms. The van der Waals surface area contributed by atoms with Crippen molar-refractivity contribution in [1.29, 1.82) is 0 Å². The number of aliphatic carboxylic acids is 1. The molecule has 0 unspecified atom stereocenters. The topological polar surface area (TPSA) is 110 Å². The van der Waals surface area contributed by atoms with Crippen LogP contribution in [0, 0.1) is 0 Å². The minimum Gasteiger partial charge on any atom is -0.481 e. The van der Waals surface area contributed by atoms with Crippen LogP contribution < -0.4 is 0 Å². The molecule has 0 aromatic rings. The quantitative estimate of drug-likeness (QED) is 0.602. The van der Waals surface area contributed by atoms with Gasteiger partial charge in [-0.3, -0.25) is 4.79 Å². The van der Waals surface area contributed by atoms with Gasteiger partial charge < -0.3 is 20.8 Å². The first-order valence-corrected chi connectivity index (χ1v) is 2.92. The minimum atomic E-state index is -0.833. The van der Waals surface area contributed by atoms with Crippen LogP contribution in [0.25, 0.3) is 0 Å². The van der Waals surface area contributed by atoms with Crippen LogP contribution in [0.2, 0.25) is 0 Å². The highest BCUT2D eigenvalue weighted by Gasteiger charge is 1.65. The zero-order chi connectivity index (χ0) is 7.70. The Morgan fingerprint density at radius 3 is 1.45 bits per heavy atom. The van der Waals surface area contributed by atoms with E-state index in [2.05, 4.69) is 0 Å². The fourth-order valence-electron chi connectivity index (χ4n) is 0.204. The van der Waals surface area contributed by atoms with Gasteiger partial charge in [0.15, 0.2) is 0 Å². The van der Waals surface area contributed by atoms with Crippen molar-refractivity contribution >= 4 is 5.97 Å². The van der Waals surface area contributed by atoms with E-state index >= 15 is 0 Å². The van der Waals surface area contributed by atoms with Gasteiger partial charge in [-0.2, -0.15) is 0 Å². The molecule has 0 aromatic carbocycles. The highest BCUT2D eigenvalue weighted by Crippen LogP contribution is 1.64. The van der Waals surface area contributed by atoms with Crippen molar-refractivity contribution in [3.05, 3.63) is 0 Å². The molecule has 5 N–H and O–H groups in total. The molecule has 72 valence electrons. The zero-order valence-electron chi connectivity index (χ0n) is 7.18. The Kier molecular flexibility index (Phi) is 46.5. The smallest absolute Gasteiger partial charge is 0.300 e. The van der Waals surface area contributed by atoms with Crippen LogP contribution in [-0.4, -0.2) is 35.2 Å². The highest BCUT2D eigenvalue weighted by atomic mass is 16.5. The lowest BCUT2D eigenvalue weighted by atomic mass is 10.8. The van der Waals surface area contributed by atoms with Gasteiger partial charge in [0, 0.05) is 20.1 Å². The van der Waals surface area contributed by atoms with Crippen LogP contribution >= 0.6 is 0 Å². The number of ether oxygens (including phenoxy) is 1. The molecule has 5 nitrogen and oxygen atoms in total. The summed E-state index contributed by atoms with van der Waals surface area (Å²) in [7, 11) is 0.